The molecule has 0 radical (unpaired) electrons. The summed E-state index contributed by atoms with van der Waals surface area (Å²) in [7, 11) is 1.51. The molecule has 0 bridgehead atoms. The normalized spacial score (nSPS) is 11.7. The quantitative estimate of drug-likeness (QED) is 0.231. The van der Waals surface area contributed by atoms with Gasteiger partial charge in [0.15, 0.2) is 11.5 Å². The molecule has 0 heterocycles. The fraction of sp³-hybridized carbons (Fsp3) is 0.632. The third-order valence-corrected chi connectivity index (χ3v) is 4.17. The van der Waals surface area contributed by atoms with Crippen molar-refractivity contribution in [2.45, 2.75) is 71.1 Å². The number of oxime groups is 1. The molecule has 0 fully saturated rings. The van der Waals surface area contributed by atoms with Crippen LogP contribution in [0.3, 0.4) is 0 Å². The van der Waals surface area contributed by atoms with E-state index in [1.165, 1.54) is 52.1 Å². The van der Waals surface area contributed by atoms with Crippen LogP contribution < -0.4 is 4.74 Å². The number of phenolic OH excluding ortho intramolecular Hbond substituents is 1. The maximum Gasteiger partial charge on any atom is 0.167 e. The van der Waals surface area contributed by atoms with Gasteiger partial charge in [-0.15, -0.1) is 0 Å². The number of methoxy groups -OCH3 is 1. The van der Waals surface area contributed by atoms with Crippen molar-refractivity contribution in [1.29, 1.82) is 0 Å². The molecule has 0 amide bonds. The maximum absolute atomic E-state index is 10.1. The Labute approximate surface area is 140 Å². The number of aromatic hydroxyl groups is 1. The Hall–Kier alpha value is -1.71. The Balaban J connectivity index is 2.30. The molecule has 1 aromatic rings. The van der Waals surface area contributed by atoms with Crippen molar-refractivity contribution in [3.8, 4) is 11.5 Å². The smallest absolute Gasteiger partial charge is 0.167 e. The van der Waals surface area contributed by atoms with Gasteiger partial charge < -0.3 is 15.1 Å². The van der Waals surface area contributed by atoms with Gasteiger partial charge in [0.2, 0.25) is 0 Å². The lowest BCUT2D eigenvalue weighted by molar-refractivity contribution is 0.317. The number of para-hydroxylation sites is 1. The molecule has 0 unspecified atom stereocenters. The second kappa shape index (κ2) is 11.8. The first-order valence-corrected chi connectivity index (χ1v) is 8.81. The summed E-state index contributed by atoms with van der Waals surface area (Å²) < 4.78 is 5.09. The number of phenols is 1. The molecule has 4 nitrogen and oxygen atoms in total. The highest BCUT2D eigenvalue weighted by atomic mass is 16.5. The molecule has 0 aliphatic carbocycles. The van der Waals surface area contributed by atoms with Gasteiger partial charge in [-0.05, 0) is 25.0 Å². The first-order chi connectivity index (χ1) is 11.2. The van der Waals surface area contributed by atoms with Crippen LogP contribution in [-0.2, 0) is 0 Å². The van der Waals surface area contributed by atoms with Crippen LogP contribution in [0.25, 0.3) is 0 Å². The van der Waals surface area contributed by atoms with Crippen molar-refractivity contribution >= 4 is 5.71 Å². The second-order valence-electron chi connectivity index (χ2n) is 5.98. The van der Waals surface area contributed by atoms with Gasteiger partial charge in [-0.1, -0.05) is 69.5 Å². The zero-order valence-electron chi connectivity index (χ0n) is 14.6. The highest BCUT2D eigenvalue weighted by molar-refractivity contribution is 6.03. The van der Waals surface area contributed by atoms with Crippen molar-refractivity contribution in [2.75, 3.05) is 7.11 Å². The van der Waals surface area contributed by atoms with E-state index < -0.39 is 0 Å². The van der Waals surface area contributed by atoms with Crippen molar-refractivity contribution in [2.24, 2.45) is 5.16 Å². The number of hydrogen-bond donors (Lipinski definition) is 2. The van der Waals surface area contributed by atoms with Crippen LogP contribution in [0.15, 0.2) is 23.4 Å². The Kier molecular flexibility index (Phi) is 9.92. The van der Waals surface area contributed by atoms with Crippen LogP contribution >= 0.6 is 0 Å². The highest BCUT2D eigenvalue weighted by Crippen LogP contribution is 2.30. The Morgan fingerprint density at radius 3 is 2.17 bits per heavy atom. The number of ether oxygens (including phenoxy) is 1. The van der Waals surface area contributed by atoms with Crippen molar-refractivity contribution < 1.29 is 15.1 Å². The van der Waals surface area contributed by atoms with Crippen LogP contribution in [0.2, 0.25) is 0 Å². The summed E-state index contributed by atoms with van der Waals surface area (Å²) in [6.45, 7) is 2.24. The van der Waals surface area contributed by atoms with Gasteiger partial charge >= 0.3 is 0 Å². The topological polar surface area (TPSA) is 62.1 Å². The molecule has 0 saturated carbocycles. The summed E-state index contributed by atoms with van der Waals surface area (Å²) in [4.78, 5) is 0. The van der Waals surface area contributed by atoms with E-state index in [0.29, 0.717) is 23.4 Å². The predicted octanol–water partition coefficient (Wildman–Crippen LogP) is 5.50. The van der Waals surface area contributed by atoms with Gasteiger partial charge in [0.25, 0.3) is 0 Å². The Bertz CT molecular complexity index is 472. The van der Waals surface area contributed by atoms with E-state index >= 15 is 0 Å². The largest absolute Gasteiger partial charge is 0.504 e. The average molecular weight is 321 g/mol. The van der Waals surface area contributed by atoms with E-state index in [4.69, 9.17) is 4.74 Å². The number of nitrogens with zero attached hydrogens (tertiary/aromatic N) is 1. The molecule has 0 aliphatic rings. The molecule has 0 spiro atoms. The molecule has 0 atom stereocenters. The Morgan fingerprint density at radius 1 is 1.00 bits per heavy atom. The van der Waals surface area contributed by atoms with Gasteiger partial charge in [0.05, 0.1) is 12.8 Å². The molecular weight excluding hydrogens is 290 g/mol. The number of unbranched alkanes of at least 4 members (excludes halogenated alkanes) is 8. The molecule has 1 aromatic carbocycles. The van der Waals surface area contributed by atoms with E-state index in [1.807, 2.05) is 0 Å². The average Bonchev–Trinajstić information content (AvgIpc) is 2.57. The first kappa shape index (κ1) is 19.3. The highest BCUT2D eigenvalue weighted by Gasteiger charge is 2.13. The molecule has 23 heavy (non-hydrogen) atoms. The van der Waals surface area contributed by atoms with Crippen LogP contribution in [0.1, 0.15) is 76.7 Å². The minimum absolute atomic E-state index is 0.0405. The van der Waals surface area contributed by atoms with Crippen molar-refractivity contribution in [3.63, 3.8) is 0 Å². The van der Waals surface area contributed by atoms with Crippen LogP contribution in [0.5, 0.6) is 11.5 Å². The number of benzene rings is 1. The molecule has 0 saturated heterocycles. The molecule has 1 rings (SSSR count). The predicted molar refractivity (Wildman–Crippen MR) is 94.8 cm³/mol. The number of hydrogen-bond acceptors (Lipinski definition) is 4. The fourth-order valence-electron chi connectivity index (χ4n) is 2.76. The summed E-state index contributed by atoms with van der Waals surface area (Å²) in [5.41, 5.74) is 1.07. The second-order valence-corrected chi connectivity index (χ2v) is 5.98. The zero-order valence-corrected chi connectivity index (χ0v) is 14.6. The summed E-state index contributed by atoms with van der Waals surface area (Å²) in [6, 6.07) is 5.22. The van der Waals surface area contributed by atoms with Gasteiger partial charge in [0.1, 0.15) is 0 Å². The van der Waals surface area contributed by atoms with Gasteiger partial charge in [-0.2, -0.15) is 0 Å². The lowest BCUT2D eigenvalue weighted by atomic mass is 10.0. The van der Waals surface area contributed by atoms with E-state index in [2.05, 4.69) is 12.1 Å². The summed E-state index contributed by atoms with van der Waals surface area (Å²) in [5, 5.41) is 22.7. The molecule has 0 aliphatic heterocycles. The van der Waals surface area contributed by atoms with E-state index in [9.17, 15) is 10.3 Å². The molecule has 0 aromatic heterocycles. The van der Waals surface area contributed by atoms with Gasteiger partial charge in [-0.25, -0.2) is 0 Å². The monoisotopic (exact) mass is 321 g/mol. The van der Waals surface area contributed by atoms with Gasteiger partial charge in [-0.3, -0.25) is 0 Å². The standard InChI is InChI=1S/C19H31NO3/c1-3-4-5-6-7-8-9-10-11-14-17(20-22)16-13-12-15-18(23-2)19(16)21/h12-13,15,21-22H,3-11,14H2,1-2H3/b20-17+. The molecule has 2 N–H and O–H groups in total. The van der Waals surface area contributed by atoms with E-state index in [0.717, 1.165) is 12.8 Å². The maximum atomic E-state index is 10.1. The minimum atomic E-state index is 0.0405. The summed E-state index contributed by atoms with van der Waals surface area (Å²) >= 11 is 0. The summed E-state index contributed by atoms with van der Waals surface area (Å²) in [6.07, 6.45) is 11.9. The lowest BCUT2D eigenvalue weighted by Gasteiger charge is -2.10. The minimum Gasteiger partial charge on any atom is -0.504 e. The SMILES string of the molecule is CCCCCCCCCCC/C(=N\O)c1cccc(OC)c1O. The molecule has 4 heteroatoms. The van der Waals surface area contributed by atoms with Crippen molar-refractivity contribution in [3.05, 3.63) is 23.8 Å². The first-order valence-electron chi connectivity index (χ1n) is 8.81. The molecule has 130 valence electrons. The van der Waals surface area contributed by atoms with Gasteiger partial charge in [0, 0.05) is 5.56 Å². The third kappa shape index (κ3) is 6.93. The zero-order chi connectivity index (χ0) is 16.9. The third-order valence-electron chi connectivity index (χ3n) is 4.17. The van der Waals surface area contributed by atoms with Crippen LogP contribution in [0.4, 0.5) is 0 Å². The van der Waals surface area contributed by atoms with Crippen molar-refractivity contribution in [1.82, 2.24) is 0 Å². The molecular formula is C19H31NO3. The lowest BCUT2D eigenvalue weighted by Crippen LogP contribution is -2.02. The Morgan fingerprint density at radius 2 is 1.61 bits per heavy atom. The van der Waals surface area contributed by atoms with Crippen LogP contribution in [-0.4, -0.2) is 23.1 Å². The van der Waals surface area contributed by atoms with E-state index in [-0.39, 0.29) is 5.75 Å². The van der Waals surface area contributed by atoms with E-state index in [1.54, 1.807) is 18.2 Å². The van der Waals surface area contributed by atoms with Crippen LogP contribution in [0, 0.1) is 0 Å². The summed E-state index contributed by atoms with van der Waals surface area (Å²) in [5.74, 6) is 0.439. The fourth-order valence-corrected chi connectivity index (χ4v) is 2.76. The number of rotatable bonds is 12.